The van der Waals surface area contributed by atoms with Crippen LogP contribution in [0.3, 0.4) is 0 Å². The van der Waals surface area contributed by atoms with Gasteiger partial charge < -0.3 is 10.1 Å². The summed E-state index contributed by atoms with van der Waals surface area (Å²) in [7, 11) is 0. The van der Waals surface area contributed by atoms with Gasteiger partial charge in [0.1, 0.15) is 11.0 Å². The second kappa shape index (κ2) is 6.67. The number of rotatable bonds is 5. The van der Waals surface area contributed by atoms with Crippen LogP contribution in [0.25, 0.3) is 0 Å². The Kier molecular flexibility index (Phi) is 4.32. The molecule has 1 saturated carbocycles. The summed E-state index contributed by atoms with van der Waals surface area (Å²) in [6.45, 7) is 2.39. The standard InChI is InChI=1S/C19H18N4O3S/c1-12-16(27-11-22-12)17(24)21-8-15-9-23(18(25)26-15)14-4-2-13(3-5-14)19(10-20)6-7-19/h2-5,11,15H,6-9H2,1H3,(H,21,24)/t15-/m0/s1. The molecule has 8 heteroatoms. The maximum atomic E-state index is 12.2. The molecule has 0 radical (unpaired) electrons. The highest BCUT2D eigenvalue weighted by Gasteiger charge is 2.45. The van der Waals surface area contributed by atoms with E-state index in [1.807, 2.05) is 24.3 Å². The average Bonchev–Trinajstić information content (AvgIpc) is 3.23. The lowest BCUT2D eigenvalue weighted by Gasteiger charge is -2.14. The number of aryl methyl sites for hydroxylation is 1. The first-order chi connectivity index (χ1) is 13.0. The zero-order valence-electron chi connectivity index (χ0n) is 14.8. The molecule has 2 fully saturated rings. The number of thiazole rings is 1. The molecule has 4 rings (SSSR count). The number of nitrogens with zero attached hydrogens (tertiary/aromatic N) is 3. The smallest absolute Gasteiger partial charge is 0.414 e. The maximum absolute atomic E-state index is 12.2. The van der Waals surface area contributed by atoms with Crippen LogP contribution in [-0.2, 0) is 10.2 Å². The molecule has 1 N–H and O–H groups in total. The number of hydrogen-bond donors (Lipinski definition) is 1. The summed E-state index contributed by atoms with van der Waals surface area (Å²) in [4.78, 5) is 30.5. The monoisotopic (exact) mass is 382 g/mol. The molecule has 2 aliphatic rings. The Bertz CT molecular complexity index is 927. The van der Waals surface area contributed by atoms with Crippen molar-refractivity contribution in [3.63, 3.8) is 0 Å². The molecule has 1 saturated heterocycles. The second-order valence-corrected chi connectivity index (χ2v) is 7.69. The Balaban J connectivity index is 1.37. The fraction of sp³-hybridized carbons (Fsp3) is 0.368. The Hall–Kier alpha value is -2.92. The number of anilines is 1. The third-order valence-corrected chi connectivity index (χ3v) is 5.94. The fourth-order valence-corrected chi connectivity index (χ4v) is 3.91. The molecular formula is C19H18N4O3S. The number of ether oxygens (including phenoxy) is 1. The molecule has 1 atom stereocenters. The van der Waals surface area contributed by atoms with Crippen molar-refractivity contribution in [1.29, 1.82) is 5.26 Å². The van der Waals surface area contributed by atoms with Gasteiger partial charge in [0.25, 0.3) is 5.91 Å². The van der Waals surface area contributed by atoms with Crippen LogP contribution in [0.1, 0.15) is 33.8 Å². The van der Waals surface area contributed by atoms with Crippen molar-refractivity contribution >= 4 is 29.0 Å². The summed E-state index contributed by atoms with van der Waals surface area (Å²) < 4.78 is 5.37. The van der Waals surface area contributed by atoms with Gasteiger partial charge in [-0.15, -0.1) is 11.3 Å². The second-order valence-electron chi connectivity index (χ2n) is 6.83. The predicted molar refractivity (Wildman–Crippen MR) is 99.8 cm³/mol. The highest BCUT2D eigenvalue weighted by Crippen LogP contribution is 2.47. The van der Waals surface area contributed by atoms with Crippen LogP contribution in [0.5, 0.6) is 0 Å². The van der Waals surface area contributed by atoms with E-state index in [1.165, 1.54) is 11.3 Å². The van der Waals surface area contributed by atoms with Crippen LogP contribution in [0.4, 0.5) is 10.5 Å². The number of hydrogen-bond acceptors (Lipinski definition) is 6. The number of nitrogens with one attached hydrogen (secondary N) is 1. The Morgan fingerprint density at radius 3 is 2.78 bits per heavy atom. The quantitative estimate of drug-likeness (QED) is 0.858. The molecule has 138 valence electrons. The lowest BCUT2D eigenvalue weighted by Crippen LogP contribution is -2.34. The molecule has 0 unspecified atom stereocenters. The first-order valence-corrected chi connectivity index (χ1v) is 9.58. The summed E-state index contributed by atoms with van der Waals surface area (Å²) in [5.41, 5.74) is 3.69. The van der Waals surface area contributed by atoms with E-state index in [0.29, 0.717) is 17.1 Å². The average molecular weight is 382 g/mol. The third-order valence-electron chi connectivity index (χ3n) is 5.01. The van der Waals surface area contributed by atoms with Crippen molar-refractivity contribution < 1.29 is 14.3 Å². The highest BCUT2D eigenvalue weighted by molar-refractivity contribution is 7.11. The van der Waals surface area contributed by atoms with Gasteiger partial charge in [-0.05, 0) is 37.5 Å². The minimum Gasteiger partial charge on any atom is -0.442 e. The largest absolute Gasteiger partial charge is 0.442 e. The Morgan fingerprint density at radius 1 is 1.44 bits per heavy atom. The molecule has 1 aromatic heterocycles. The van der Waals surface area contributed by atoms with Crippen molar-refractivity contribution in [2.45, 2.75) is 31.3 Å². The predicted octanol–water partition coefficient (Wildman–Crippen LogP) is 2.76. The third kappa shape index (κ3) is 3.26. The van der Waals surface area contributed by atoms with Gasteiger partial charge in [0.2, 0.25) is 0 Å². The van der Waals surface area contributed by atoms with E-state index in [0.717, 1.165) is 24.1 Å². The van der Waals surface area contributed by atoms with Crippen molar-refractivity contribution in [3.8, 4) is 6.07 Å². The van der Waals surface area contributed by atoms with E-state index >= 15 is 0 Å². The number of cyclic esters (lactones) is 1. The summed E-state index contributed by atoms with van der Waals surface area (Å²) in [5, 5.41) is 12.1. The zero-order chi connectivity index (χ0) is 19.0. The van der Waals surface area contributed by atoms with Gasteiger partial charge in [-0.3, -0.25) is 9.69 Å². The van der Waals surface area contributed by atoms with E-state index in [4.69, 9.17) is 4.74 Å². The molecule has 1 aromatic carbocycles. The van der Waals surface area contributed by atoms with Crippen molar-refractivity contribution in [2.75, 3.05) is 18.0 Å². The Labute approximate surface area is 160 Å². The van der Waals surface area contributed by atoms with Gasteiger partial charge in [-0.25, -0.2) is 9.78 Å². The Morgan fingerprint density at radius 2 is 2.19 bits per heavy atom. The molecule has 2 heterocycles. The number of amides is 2. The van der Waals surface area contributed by atoms with E-state index in [2.05, 4.69) is 16.4 Å². The minimum atomic E-state index is -0.433. The van der Waals surface area contributed by atoms with Gasteiger partial charge in [0, 0.05) is 5.69 Å². The van der Waals surface area contributed by atoms with Crippen LogP contribution >= 0.6 is 11.3 Å². The molecule has 0 spiro atoms. The number of nitriles is 1. The lowest BCUT2D eigenvalue weighted by atomic mass is 9.97. The number of aromatic nitrogens is 1. The van der Waals surface area contributed by atoms with E-state index in [9.17, 15) is 14.9 Å². The number of carbonyl (C=O) groups excluding carboxylic acids is 2. The molecular weight excluding hydrogens is 364 g/mol. The summed E-state index contributed by atoms with van der Waals surface area (Å²) in [6.07, 6.45) is 0.922. The van der Waals surface area contributed by atoms with E-state index in [-0.39, 0.29) is 17.9 Å². The molecule has 27 heavy (non-hydrogen) atoms. The summed E-state index contributed by atoms with van der Waals surface area (Å²) in [5.74, 6) is -0.208. The first-order valence-electron chi connectivity index (χ1n) is 8.71. The molecule has 7 nitrogen and oxygen atoms in total. The minimum absolute atomic E-state index is 0.208. The van der Waals surface area contributed by atoms with Gasteiger partial charge in [-0.2, -0.15) is 5.26 Å². The van der Waals surface area contributed by atoms with Gasteiger partial charge in [0.05, 0.1) is 35.8 Å². The van der Waals surface area contributed by atoms with Crippen molar-refractivity contribution in [2.24, 2.45) is 0 Å². The summed E-state index contributed by atoms with van der Waals surface area (Å²) in [6, 6.07) is 9.86. The van der Waals surface area contributed by atoms with Gasteiger partial charge >= 0.3 is 6.09 Å². The lowest BCUT2D eigenvalue weighted by molar-refractivity contribution is 0.0919. The van der Waals surface area contributed by atoms with Crippen LogP contribution in [0.15, 0.2) is 29.8 Å². The molecule has 1 aliphatic carbocycles. The maximum Gasteiger partial charge on any atom is 0.414 e. The van der Waals surface area contributed by atoms with Crippen LogP contribution in [0, 0.1) is 18.3 Å². The number of benzene rings is 1. The number of carbonyl (C=O) groups is 2. The fourth-order valence-electron chi connectivity index (χ4n) is 3.20. The zero-order valence-corrected chi connectivity index (χ0v) is 15.6. The van der Waals surface area contributed by atoms with Gasteiger partial charge in [0.15, 0.2) is 0 Å². The topological polar surface area (TPSA) is 95.3 Å². The SMILES string of the molecule is Cc1ncsc1C(=O)NC[C@H]1CN(c2ccc(C3(C#N)CC3)cc2)C(=O)O1. The molecule has 2 amide bonds. The molecule has 2 aromatic rings. The van der Waals surface area contributed by atoms with Crippen LogP contribution in [0.2, 0.25) is 0 Å². The molecule has 1 aliphatic heterocycles. The van der Waals surface area contributed by atoms with Crippen LogP contribution in [-0.4, -0.2) is 36.2 Å². The first kappa shape index (κ1) is 17.5. The van der Waals surface area contributed by atoms with Crippen molar-refractivity contribution in [1.82, 2.24) is 10.3 Å². The van der Waals surface area contributed by atoms with E-state index in [1.54, 1.807) is 17.3 Å². The normalized spacial score (nSPS) is 20.1. The highest BCUT2D eigenvalue weighted by atomic mass is 32.1. The van der Waals surface area contributed by atoms with Crippen molar-refractivity contribution in [3.05, 3.63) is 45.9 Å². The molecule has 0 bridgehead atoms. The summed E-state index contributed by atoms with van der Waals surface area (Å²) >= 11 is 1.28. The van der Waals surface area contributed by atoms with Gasteiger partial charge in [-0.1, -0.05) is 12.1 Å². The van der Waals surface area contributed by atoms with Crippen LogP contribution < -0.4 is 10.2 Å². The van der Waals surface area contributed by atoms with E-state index < -0.39 is 12.2 Å².